The van der Waals surface area contributed by atoms with E-state index in [2.05, 4.69) is 0 Å². The number of rotatable bonds is 17. The molecule has 1 aliphatic heterocycles. The largest absolute Gasteiger partial charge is 0.481 e. The predicted octanol–water partition coefficient (Wildman–Crippen LogP) is 5.82. The molecule has 3 aromatic carbocycles. The number of unbranched alkanes of at least 4 members (excludes halogenated alkanes) is 1. The van der Waals surface area contributed by atoms with E-state index in [1.807, 2.05) is 0 Å². The van der Waals surface area contributed by atoms with Crippen LogP contribution in [0.2, 0.25) is 0 Å². The smallest absolute Gasteiger partial charge is 0.348 e. The number of esters is 5. The van der Waals surface area contributed by atoms with E-state index >= 15 is 9.59 Å². The van der Waals surface area contributed by atoms with E-state index < -0.39 is 124 Å². The second-order valence-corrected chi connectivity index (χ2v) is 19.7. The van der Waals surface area contributed by atoms with Gasteiger partial charge in [-0.25, -0.2) is 9.59 Å². The number of aliphatic hydroxyl groups is 2. The number of fused-ring (bicyclic) bond motifs is 5. The molecule has 17 nitrogen and oxygen atoms in total. The molecule has 3 N–H and O–H groups in total. The minimum Gasteiger partial charge on any atom is -0.481 e. The Morgan fingerprint density at radius 1 is 0.789 bits per heavy atom. The molecule has 0 amide bonds. The second-order valence-electron chi connectivity index (χ2n) is 19.7. The van der Waals surface area contributed by atoms with Gasteiger partial charge in [0.2, 0.25) is 6.10 Å². The van der Waals surface area contributed by atoms with E-state index in [0.717, 1.165) is 13.8 Å². The van der Waals surface area contributed by atoms with Gasteiger partial charge in [0.05, 0.1) is 29.6 Å². The first-order chi connectivity index (χ1) is 33.6. The number of carboxylic acids is 1. The van der Waals surface area contributed by atoms with Crippen molar-refractivity contribution in [3.05, 3.63) is 119 Å². The highest BCUT2D eigenvalue weighted by Crippen LogP contribution is 2.64. The molecule has 7 rings (SSSR count). The first kappa shape index (κ1) is 52.3. The Morgan fingerprint density at radius 3 is 1.94 bits per heavy atom. The fourth-order valence-electron chi connectivity index (χ4n) is 11.3. The first-order valence-corrected chi connectivity index (χ1v) is 23.7. The lowest BCUT2D eigenvalue weighted by Gasteiger charge is -2.67. The Labute approximate surface area is 410 Å². The van der Waals surface area contributed by atoms with Crippen LogP contribution in [0, 0.1) is 16.7 Å². The number of aliphatic carboxylic acids is 1. The molecule has 17 heteroatoms. The summed E-state index contributed by atoms with van der Waals surface area (Å²) in [6.07, 6.45) is -11.4. The standard InChI is InChI=1S/C54H60O17/c1-30-38(68-50(64)44(69-42(61)25-17-16-24-41(59)60)36(33-18-10-7-11-19-33)26-37(57)34-20-12-8-13-21-34)28-54(65)48(70-49(63)35-22-14-9-15-23-35)46-52(6,39(58)27-40-53(46,29-66-40)71-32(3)56)47(62)45(67-31(2)55)43(30)51(54,4)5/h7-15,18-23,36,38-40,44-46,48,58,65H,16-17,24-29H2,1-6H3,(H,59,60)/t36?,38?,39?,40-,44?,45?,46?,48?,52?,53?,54?/m1/s1. The Morgan fingerprint density at radius 2 is 1.38 bits per heavy atom. The van der Waals surface area contributed by atoms with Crippen molar-refractivity contribution >= 4 is 47.4 Å². The van der Waals surface area contributed by atoms with Crippen molar-refractivity contribution in [1.82, 2.24) is 0 Å². The summed E-state index contributed by atoms with van der Waals surface area (Å²) in [5.74, 6) is -9.94. The third kappa shape index (κ3) is 9.91. The summed E-state index contributed by atoms with van der Waals surface area (Å²) in [5.41, 5.74) is -7.29. The van der Waals surface area contributed by atoms with Gasteiger partial charge < -0.3 is 43.7 Å². The fraction of sp³-hybridized carbons (Fsp3) is 0.481. The van der Waals surface area contributed by atoms with Gasteiger partial charge in [-0.1, -0.05) is 92.7 Å². The molecule has 2 bridgehead atoms. The molecule has 0 spiro atoms. The van der Waals surface area contributed by atoms with Crippen LogP contribution >= 0.6 is 0 Å². The maximum Gasteiger partial charge on any atom is 0.348 e. The number of ether oxygens (including phenoxy) is 6. The van der Waals surface area contributed by atoms with Crippen molar-refractivity contribution < 1.29 is 82.1 Å². The van der Waals surface area contributed by atoms with Crippen molar-refractivity contribution in [2.45, 2.75) is 140 Å². The number of carbonyl (C=O) groups is 8. The highest BCUT2D eigenvalue weighted by molar-refractivity contribution is 5.98. The van der Waals surface area contributed by atoms with E-state index in [4.69, 9.17) is 28.4 Å². The summed E-state index contributed by atoms with van der Waals surface area (Å²) in [6.45, 7) is 7.84. The maximum atomic E-state index is 15.7. The third-order valence-corrected chi connectivity index (χ3v) is 15.0. The molecule has 4 aliphatic rings. The zero-order valence-electron chi connectivity index (χ0n) is 40.5. The third-order valence-electron chi connectivity index (χ3n) is 15.0. The van der Waals surface area contributed by atoms with Gasteiger partial charge in [0, 0.05) is 62.8 Å². The molecule has 378 valence electrons. The van der Waals surface area contributed by atoms with Gasteiger partial charge in [-0.15, -0.1) is 0 Å². The molecule has 71 heavy (non-hydrogen) atoms. The van der Waals surface area contributed by atoms with E-state index in [0.29, 0.717) is 11.1 Å². The zero-order chi connectivity index (χ0) is 51.6. The van der Waals surface area contributed by atoms with Crippen LogP contribution < -0.4 is 0 Å². The quantitative estimate of drug-likeness (QED) is 0.0474. The summed E-state index contributed by atoms with van der Waals surface area (Å²) >= 11 is 0. The zero-order valence-corrected chi connectivity index (χ0v) is 40.5. The Bertz CT molecular complexity index is 2570. The normalized spacial score (nSPS) is 29.2. The van der Waals surface area contributed by atoms with Crippen LogP contribution in [0.15, 0.2) is 102 Å². The number of ketones is 2. The lowest BCUT2D eigenvalue weighted by Crippen LogP contribution is -2.82. The van der Waals surface area contributed by atoms with Crippen molar-refractivity contribution in [2.75, 3.05) is 6.61 Å². The molecular weight excluding hydrogens is 921 g/mol. The average Bonchev–Trinajstić information content (AvgIpc) is 3.32. The van der Waals surface area contributed by atoms with Gasteiger partial charge in [0.1, 0.15) is 23.9 Å². The maximum absolute atomic E-state index is 15.7. The van der Waals surface area contributed by atoms with Crippen LogP contribution in [0.4, 0.5) is 0 Å². The minimum atomic E-state index is -2.47. The van der Waals surface area contributed by atoms with Gasteiger partial charge in [0.15, 0.2) is 23.3 Å². The summed E-state index contributed by atoms with van der Waals surface area (Å²) in [6, 6.07) is 24.4. The highest BCUT2D eigenvalue weighted by Gasteiger charge is 2.78. The Balaban J connectivity index is 1.40. The molecule has 0 aromatic heterocycles. The van der Waals surface area contributed by atoms with E-state index in [9.17, 15) is 44.1 Å². The van der Waals surface area contributed by atoms with E-state index in [1.165, 1.54) is 26.0 Å². The number of hydrogen-bond donors (Lipinski definition) is 3. The summed E-state index contributed by atoms with van der Waals surface area (Å²) in [5, 5.41) is 35.3. The number of carboxylic acid groups (broad SMARTS) is 1. The van der Waals surface area contributed by atoms with Crippen LogP contribution in [-0.4, -0.2) is 117 Å². The molecule has 11 atom stereocenters. The van der Waals surface area contributed by atoms with Gasteiger partial charge in [-0.3, -0.25) is 28.8 Å². The van der Waals surface area contributed by atoms with E-state index in [-0.39, 0.29) is 61.8 Å². The van der Waals surface area contributed by atoms with Crippen LogP contribution in [0.1, 0.15) is 119 Å². The topological polar surface area (TPSA) is 253 Å². The Kier molecular flexibility index (Phi) is 15.2. The van der Waals surface area contributed by atoms with Crippen LogP contribution in [-0.2, 0) is 57.2 Å². The van der Waals surface area contributed by atoms with Crippen molar-refractivity contribution in [1.29, 1.82) is 0 Å². The van der Waals surface area contributed by atoms with Gasteiger partial charge >= 0.3 is 35.8 Å². The van der Waals surface area contributed by atoms with Crippen molar-refractivity contribution in [2.24, 2.45) is 16.7 Å². The van der Waals surface area contributed by atoms with Crippen molar-refractivity contribution in [3.63, 3.8) is 0 Å². The van der Waals surface area contributed by atoms with Crippen LogP contribution in [0.3, 0.4) is 0 Å². The summed E-state index contributed by atoms with van der Waals surface area (Å²) in [7, 11) is 0. The molecule has 3 aromatic rings. The molecule has 1 heterocycles. The molecule has 1 saturated heterocycles. The second kappa shape index (κ2) is 20.7. The number of carbonyl (C=O) groups excluding carboxylic acids is 7. The number of aliphatic hydroxyl groups excluding tert-OH is 1. The molecule has 10 unspecified atom stereocenters. The van der Waals surface area contributed by atoms with Crippen LogP contribution in [0.5, 0.6) is 0 Å². The number of benzene rings is 3. The lowest BCUT2D eigenvalue weighted by atomic mass is 9.44. The minimum absolute atomic E-state index is 0.0384. The number of hydrogen-bond acceptors (Lipinski definition) is 16. The number of Topliss-reactive ketones (excluding diaryl/α,β-unsaturated/α-hetero) is 2. The van der Waals surface area contributed by atoms with Gasteiger partial charge in [-0.05, 0) is 55.5 Å². The lowest BCUT2D eigenvalue weighted by molar-refractivity contribution is -0.346. The van der Waals surface area contributed by atoms with Crippen molar-refractivity contribution in [3.8, 4) is 0 Å². The predicted molar refractivity (Wildman–Crippen MR) is 249 cm³/mol. The molecule has 3 fully saturated rings. The monoisotopic (exact) mass is 980 g/mol. The summed E-state index contributed by atoms with van der Waals surface area (Å²) in [4.78, 5) is 111. The fourth-order valence-corrected chi connectivity index (χ4v) is 11.3. The van der Waals surface area contributed by atoms with Crippen LogP contribution in [0.25, 0.3) is 0 Å². The van der Waals surface area contributed by atoms with Gasteiger partial charge in [-0.2, -0.15) is 0 Å². The first-order valence-electron chi connectivity index (χ1n) is 23.7. The summed E-state index contributed by atoms with van der Waals surface area (Å²) < 4.78 is 36.8. The van der Waals surface area contributed by atoms with Gasteiger partial charge in [0.25, 0.3) is 0 Å². The SMILES string of the molecule is CC(=O)OC1C(=O)C2(C)C(O)C[C@H]3OCC3(OC(C)=O)C2C(OC(=O)c2ccccc2)C2(O)CC(OC(=O)C(OC(=O)CCCCC(=O)O)C(CC(=O)c3ccccc3)c3ccccc3)C(C)=C1C2(C)C. The molecule has 2 saturated carbocycles. The average molecular weight is 981 g/mol. The molecule has 0 radical (unpaired) electrons. The van der Waals surface area contributed by atoms with E-state index in [1.54, 1.807) is 92.7 Å². The molecular formula is C54H60O17. The highest BCUT2D eigenvalue weighted by atomic mass is 16.6. The molecule has 3 aliphatic carbocycles. The Hall–Kier alpha value is -6.56.